The van der Waals surface area contributed by atoms with Crippen molar-refractivity contribution in [3.05, 3.63) is 0 Å². The minimum Gasteiger partial charge on any atom is -0.389 e. The van der Waals surface area contributed by atoms with Crippen LogP contribution in [0.25, 0.3) is 0 Å². The van der Waals surface area contributed by atoms with Crippen molar-refractivity contribution in [2.24, 2.45) is 5.41 Å². The summed E-state index contributed by atoms with van der Waals surface area (Å²) in [4.78, 5) is 0. The van der Waals surface area contributed by atoms with Gasteiger partial charge in [0.2, 0.25) is 0 Å². The summed E-state index contributed by atoms with van der Waals surface area (Å²) in [5.74, 6) is 0. The van der Waals surface area contributed by atoms with Crippen LogP contribution in [0.3, 0.4) is 0 Å². The van der Waals surface area contributed by atoms with E-state index >= 15 is 0 Å². The SMILES string of the molecule is CCOCC(O)CNCC1(C)CCCCC1. The lowest BCUT2D eigenvalue weighted by molar-refractivity contribution is 0.0407. The maximum absolute atomic E-state index is 9.61. The second kappa shape index (κ2) is 7.25. The Morgan fingerprint density at radius 3 is 2.62 bits per heavy atom. The van der Waals surface area contributed by atoms with Crippen molar-refractivity contribution in [2.75, 3.05) is 26.3 Å². The van der Waals surface area contributed by atoms with Crippen molar-refractivity contribution >= 4 is 0 Å². The normalized spacial score (nSPS) is 21.9. The minimum absolute atomic E-state index is 0.368. The first kappa shape index (κ1) is 13.9. The number of ether oxygens (including phenoxy) is 1. The predicted octanol–water partition coefficient (Wildman–Crippen LogP) is 1.94. The third-order valence-corrected chi connectivity index (χ3v) is 3.51. The number of hydrogen-bond acceptors (Lipinski definition) is 3. The van der Waals surface area contributed by atoms with E-state index < -0.39 is 0 Å². The highest BCUT2D eigenvalue weighted by Crippen LogP contribution is 2.34. The van der Waals surface area contributed by atoms with Crippen LogP contribution in [-0.2, 0) is 4.74 Å². The number of rotatable bonds is 7. The average molecular weight is 229 g/mol. The highest BCUT2D eigenvalue weighted by Gasteiger charge is 2.26. The van der Waals surface area contributed by atoms with E-state index in [1.165, 1.54) is 32.1 Å². The van der Waals surface area contributed by atoms with Gasteiger partial charge < -0.3 is 15.2 Å². The van der Waals surface area contributed by atoms with Crippen LogP contribution in [0, 0.1) is 5.41 Å². The molecule has 1 rings (SSSR count). The summed E-state index contributed by atoms with van der Waals surface area (Å²) >= 11 is 0. The van der Waals surface area contributed by atoms with E-state index in [1.807, 2.05) is 6.92 Å². The molecule has 2 N–H and O–H groups in total. The van der Waals surface area contributed by atoms with Crippen LogP contribution in [0.1, 0.15) is 46.0 Å². The Bertz CT molecular complexity index is 179. The maximum atomic E-state index is 9.61. The van der Waals surface area contributed by atoms with Gasteiger partial charge in [0.15, 0.2) is 0 Å². The van der Waals surface area contributed by atoms with Crippen molar-refractivity contribution in [1.29, 1.82) is 0 Å². The number of aliphatic hydroxyl groups is 1. The molecule has 1 unspecified atom stereocenters. The molecule has 0 amide bonds. The maximum Gasteiger partial charge on any atom is 0.0897 e. The van der Waals surface area contributed by atoms with E-state index in [0.29, 0.717) is 25.2 Å². The summed E-state index contributed by atoms with van der Waals surface area (Å²) in [6.07, 6.45) is 6.39. The topological polar surface area (TPSA) is 41.5 Å². The monoisotopic (exact) mass is 229 g/mol. The van der Waals surface area contributed by atoms with E-state index in [0.717, 1.165) is 6.54 Å². The number of nitrogens with one attached hydrogen (secondary N) is 1. The lowest BCUT2D eigenvalue weighted by atomic mass is 9.76. The predicted molar refractivity (Wildman–Crippen MR) is 66.6 cm³/mol. The third kappa shape index (κ3) is 5.28. The molecular formula is C13H27NO2. The van der Waals surface area contributed by atoms with Gasteiger partial charge in [-0.25, -0.2) is 0 Å². The molecule has 0 aromatic rings. The minimum atomic E-state index is -0.368. The van der Waals surface area contributed by atoms with Crippen molar-refractivity contribution in [3.63, 3.8) is 0 Å². The van der Waals surface area contributed by atoms with Crippen LogP contribution < -0.4 is 5.32 Å². The fourth-order valence-corrected chi connectivity index (χ4v) is 2.44. The Balaban J connectivity index is 2.09. The molecule has 96 valence electrons. The van der Waals surface area contributed by atoms with Crippen LogP contribution in [0.4, 0.5) is 0 Å². The van der Waals surface area contributed by atoms with Crippen LogP contribution in [0.15, 0.2) is 0 Å². The molecule has 0 aromatic heterocycles. The molecule has 1 fully saturated rings. The molecule has 0 radical (unpaired) electrons. The zero-order valence-corrected chi connectivity index (χ0v) is 10.8. The van der Waals surface area contributed by atoms with Crippen molar-refractivity contribution < 1.29 is 9.84 Å². The van der Waals surface area contributed by atoms with E-state index in [1.54, 1.807) is 0 Å². The summed E-state index contributed by atoms with van der Waals surface area (Å²) in [5, 5.41) is 13.0. The quantitative estimate of drug-likeness (QED) is 0.701. The van der Waals surface area contributed by atoms with E-state index in [4.69, 9.17) is 4.74 Å². The second-order valence-corrected chi connectivity index (χ2v) is 5.32. The van der Waals surface area contributed by atoms with E-state index in [2.05, 4.69) is 12.2 Å². The largest absolute Gasteiger partial charge is 0.389 e. The molecule has 0 aliphatic heterocycles. The van der Waals surface area contributed by atoms with Crippen LogP contribution >= 0.6 is 0 Å². The molecule has 0 heterocycles. The molecule has 1 aliphatic carbocycles. The van der Waals surface area contributed by atoms with Crippen LogP contribution in [0.5, 0.6) is 0 Å². The first-order chi connectivity index (χ1) is 7.66. The van der Waals surface area contributed by atoms with Gasteiger partial charge in [-0.05, 0) is 25.2 Å². The zero-order valence-electron chi connectivity index (χ0n) is 10.8. The van der Waals surface area contributed by atoms with Crippen molar-refractivity contribution in [2.45, 2.75) is 52.1 Å². The Hall–Kier alpha value is -0.120. The molecule has 0 saturated heterocycles. The highest BCUT2D eigenvalue weighted by atomic mass is 16.5. The lowest BCUT2D eigenvalue weighted by Crippen LogP contribution is -2.38. The second-order valence-electron chi connectivity index (χ2n) is 5.32. The zero-order chi connectivity index (χ0) is 11.9. The molecule has 0 bridgehead atoms. The highest BCUT2D eigenvalue weighted by molar-refractivity contribution is 4.80. The van der Waals surface area contributed by atoms with Gasteiger partial charge >= 0.3 is 0 Å². The molecule has 1 atom stereocenters. The van der Waals surface area contributed by atoms with Gasteiger partial charge in [-0.3, -0.25) is 0 Å². The summed E-state index contributed by atoms with van der Waals surface area (Å²) in [5.41, 5.74) is 0.448. The lowest BCUT2D eigenvalue weighted by Gasteiger charge is -2.34. The third-order valence-electron chi connectivity index (χ3n) is 3.51. The van der Waals surface area contributed by atoms with Gasteiger partial charge in [-0.1, -0.05) is 26.2 Å². The Morgan fingerprint density at radius 1 is 1.31 bits per heavy atom. The Labute approximate surface area is 99.6 Å². The number of hydrogen-bond donors (Lipinski definition) is 2. The van der Waals surface area contributed by atoms with Gasteiger partial charge in [0, 0.05) is 19.7 Å². The molecule has 0 aromatic carbocycles. The van der Waals surface area contributed by atoms with Gasteiger partial charge in [0.1, 0.15) is 0 Å². The molecular weight excluding hydrogens is 202 g/mol. The summed E-state index contributed by atoms with van der Waals surface area (Å²) in [6, 6.07) is 0. The summed E-state index contributed by atoms with van der Waals surface area (Å²) < 4.78 is 5.17. The smallest absolute Gasteiger partial charge is 0.0897 e. The van der Waals surface area contributed by atoms with Gasteiger partial charge in [-0.15, -0.1) is 0 Å². The molecule has 1 aliphatic rings. The average Bonchev–Trinajstić information content (AvgIpc) is 2.27. The number of aliphatic hydroxyl groups excluding tert-OH is 1. The van der Waals surface area contributed by atoms with Gasteiger partial charge in [-0.2, -0.15) is 0 Å². The molecule has 3 heteroatoms. The van der Waals surface area contributed by atoms with Crippen LogP contribution in [-0.4, -0.2) is 37.5 Å². The van der Waals surface area contributed by atoms with Gasteiger partial charge in [0.25, 0.3) is 0 Å². The fourth-order valence-electron chi connectivity index (χ4n) is 2.44. The molecule has 0 spiro atoms. The first-order valence-electron chi connectivity index (χ1n) is 6.63. The molecule has 16 heavy (non-hydrogen) atoms. The van der Waals surface area contributed by atoms with Crippen LogP contribution in [0.2, 0.25) is 0 Å². The van der Waals surface area contributed by atoms with Crippen molar-refractivity contribution in [1.82, 2.24) is 5.32 Å². The first-order valence-corrected chi connectivity index (χ1v) is 6.63. The molecule has 3 nitrogen and oxygen atoms in total. The fraction of sp³-hybridized carbons (Fsp3) is 1.00. The Morgan fingerprint density at radius 2 is 2.00 bits per heavy atom. The molecule has 1 saturated carbocycles. The van der Waals surface area contributed by atoms with E-state index in [9.17, 15) is 5.11 Å². The van der Waals surface area contributed by atoms with Crippen molar-refractivity contribution in [3.8, 4) is 0 Å². The Kier molecular flexibility index (Phi) is 6.32. The summed E-state index contributed by atoms with van der Waals surface area (Å²) in [7, 11) is 0. The standard InChI is InChI=1S/C13H27NO2/c1-3-16-10-12(15)9-14-11-13(2)7-5-4-6-8-13/h12,14-15H,3-11H2,1-2H3. The van der Waals surface area contributed by atoms with Gasteiger partial charge in [0.05, 0.1) is 12.7 Å². The summed E-state index contributed by atoms with van der Waals surface area (Å²) in [6.45, 7) is 7.10. The van der Waals surface area contributed by atoms with E-state index in [-0.39, 0.29) is 6.10 Å².